The quantitative estimate of drug-likeness (QED) is 0.934. The third kappa shape index (κ3) is 3.42. The number of furan rings is 1. The van der Waals surface area contributed by atoms with Gasteiger partial charge in [0.2, 0.25) is 0 Å². The normalized spacial score (nSPS) is 18.2. The number of benzene rings is 1. The Labute approximate surface area is 140 Å². The molecule has 122 valence electrons. The van der Waals surface area contributed by atoms with Crippen molar-refractivity contribution in [3.05, 3.63) is 58.5 Å². The summed E-state index contributed by atoms with van der Waals surface area (Å²) in [7, 11) is 1.59. The van der Waals surface area contributed by atoms with Crippen LogP contribution in [-0.4, -0.2) is 37.6 Å². The van der Waals surface area contributed by atoms with Crippen LogP contribution in [0.1, 0.15) is 27.9 Å². The van der Waals surface area contributed by atoms with E-state index >= 15 is 0 Å². The summed E-state index contributed by atoms with van der Waals surface area (Å²) in [5, 5.41) is 3.98. The van der Waals surface area contributed by atoms with Crippen LogP contribution in [0.15, 0.2) is 40.8 Å². The molecule has 3 rings (SSSR count). The van der Waals surface area contributed by atoms with E-state index in [0.29, 0.717) is 36.2 Å². The predicted molar refractivity (Wildman–Crippen MR) is 87.5 cm³/mol. The Balaban J connectivity index is 1.86. The standard InChI is InChI=1S/C17H19ClN2O3/c1-22-11-12-6-7-16(23-12)17(21)20-9-8-19-10-15(20)13-4-2-3-5-14(13)18/h2-7,15,19H,8-11H2,1H3. The molecule has 0 saturated carbocycles. The summed E-state index contributed by atoms with van der Waals surface area (Å²) >= 11 is 6.31. The summed E-state index contributed by atoms with van der Waals surface area (Å²) in [4.78, 5) is 14.6. The maximum absolute atomic E-state index is 12.8. The van der Waals surface area contributed by atoms with Gasteiger partial charge in [0.15, 0.2) is 5.76 Å². The average molecular weight is 335 g/mol. The Kier molecular flexibility index (Phi) is 5.00. The summed E-state index contributed by atoms with van der Waals surface area (Å²) in [5.41, 5.74) is 0.943. The van der Waals surface area contributed by atoms with Gasteiger partial charge in [0.25, 0.3) is 5.91 Å². The molecule has 1 saturated heterocycles. The van der Waals surface area contributed by atoms with E-state index in [1.54, 1.807) is 19.2 Å². The SMILES string of the molecule is COCc1ccc(C(=O)N2CCNCC2c2ccccc2Cl)o1. The fraction of sp³-hybridized carbons (Fsp3) is 0.353. The zero-order valence-electron chi connectivity index (χ0n) is 12.9. The zero-order chi connectivity index (χ0) is 16.2. The highest BCUT2D eigenvalue weighted by Crippen LogP contribution is 2.29. The molecule has 5 nitrogen and oxygen atoms in total. The molecular formula is C17H19ClN2O3. The van der Waals surface area contributed by atoms with E-state index in [1.807, 2.05) is 29.2 Å². The molecule has 0 aliphatic carbocycles. The van der Waals surface area contributed by atoms with Crippen LogP contribution in [-0.2, 0) is 11.3 Å². The van der Waals surface area contributed by atoms with Gasteiger partial charge in [0.1, 0.15) is 12.4 Å². The third-order valence-electron chi connectivity index (χ3n) is 3.93. The first-order chi connectivity index (χ1) is 11.2. The predicted octanol–water partition coefficient (Wildman–Crippen LogP) is 2.87. The van der Waals surface area contributed by atoms with Gasteiger partial charge in [-0.2, -0.15) is 0 Å². The van der Waals surface area contributed by atoms with Crippen molar-refractivity contribution in [2.24, 2.45) is 0 Å². The second kappa shape index (κ2) is 7.17. The van der Waals surface area contributed by atoms with Crippen molar-refractivity contribution in [2.45, 2.75) is 12.6 Å². The van der Waals surface area contributed by atoms with Crippen molar-refractivity contribution >= 4 is 17.5 Å². The third-order valence-corrected chi connectivity index (χ3v) is 4.27. The van der Waals surface area contributed by atoms with Crippen molar-refractivity contribution in [3.63, 3.8) is 0 Å². The van der Waals surface area contributed by atoms with Crippen LogP contribution in [0.2, 0.25) is 5.02 Å². The lowest BCUT2D eigenvalue weighted by Gasteiger charge is -2.36. The van der Waals surface area contributed by atoms with Crippen LogP contribution in [0.4, 0.5) is 0 Å². The van der Waals surface area contributed by atoms with Gasteiger partial charge < -0.3 is 19.4 Å². The Bertz CT molecular complexity index is 686. The Morgan fingerprint density at radius 3 is 3.00 bits per heavy atom. The Hall–Kier alpha value is -1.82. The van der Waals surface area contributed by atoms with Crippen molar-refractivity contribution in [2.75, 3.05) is 26.7 Å². The first-order valence-electron chi connectivity index (χ1n) is 7.54. The molecule has 1 N–H and O–H groups in total. The molecular weight excluding hydrogens is 316 g/mol. The van der Waals surface area contributed by atoms with Crippen LogP contribution in [0.25, 0.3) is 0 Å². The molecule has 2 aromatic rings. The smallest absolute Gasteiger partial charge is 0.290 e. The molecule has 1 atom stereocenters. The topological polar surface area (TPSA) is 54.7 Å². The molecule has 0 radical (unpaired) electrons. The van der Waals surface area contributed by atoms with Gasteiger partial charge >= 0.3 is 0 Å². The minimum Gasteiger partial charge on any atom is -0.453 e. The molecule has 1 aromatic heterocycles. The Morgan fingerprint density at radius 1 is 1.39 bits per heavy atom. The molecule has 1 aliphatic rings. The molecule has 1 amide bonds. The molecule has 23 heavy (non-hydrogen) atoms. The summed E-state index contributed by atoms with van der Waals surface area (Å²) in [6, 6.07) is 11.0. The van der Waals surface area contributed by atoms with Gasteiger partial charge in [-0.25, -0.2) is 0 Å². The van der Waals surface area contributed by atoms with Crippen molar-refractivity contribution in [1.82, 2.24) is 10.2 Å². The van der Waals surface area contributed by atoms with Crippen LogP contribution in [0.5, 0.6) is 0 Å². The van der Waals surface area contributed by atoms with Gasteiger partial charge in [-0.05, 0) is 23.8 Å². The van der Waals surface area contributed by atoms with E-state index in [4.69, 9.17) is 20.8 Å². The number of nitrogens with zero attached hydrogens (tertiary/aromatic N) is 1. The lowest BCUT2D eigenvalue weighted by molar-refractivity contribution is 0.0595. The molecule has 0 bridgehead atoms. The van der Waals surface area contributed by atoms with E-state index < -0.39 is 0 Å². The molecule has 1 aliphatic heterocycles. The van der Waals surface area contributed by atoms with E-state index in [9.17, 15) is 4.79 Å². The molecule has 1 fully saturated rings. The number of hydrogen-bond acceptors (Lipinski definition) is 4. The number of methoxy groups -OCH3 is 1. The first kappa shape index (κ1) is 16.1. The molecule has 2 heterocycles. The van der Waals surface area contributed by atoms with Crippen LogP contribution < -0.4 is 5.32 Å². The fourth-order valence-electron chi connectivity index (χ4n) is 2.82. The summed E-state index contributed by atoms with van der Waals surface area (Å²) < 4.78 is 10.6. The fourth-order valence-corrected chi connectivity index (χ4v) is 3.09. The Morgan fingerprint density at radius 2 is 2.22 bits per heavy atom. The zero-order valence-corrected chi connectivity index (χ0v) is 13.7. The number of amides is 1. The highest BCUT2D eigenvalue weighted by molar-refractivity contribution is 6.31. The lowest BCUT2D eigenvalue weighted by atomic mass is 10.0. The summed E-state index contributed by atoms with van der Waals surface area (Å²) in [5.74, 6) is 0.843. The molecule has 1 aromatic carbocycles. The van der Waals surface area contributed by atoms with Crippen LogP contribution >= 0.6 is 11.6 Å². The summed E-state index contributed by atoms with van der Waals surface area (Å²) in [6.45, 7) is 2.37. The van der Waals surface area contributed by atoms with Crippen LogP contribution in [0, 0.1) is 0 Å². The van der Waals surface area contributed by atoms with Gasteiger partial charge in [-0.1, -0.05) is 29.8 Å². The van der Waals surface area contributed by atoms with Gasteiger partial charge in [0, 0.05) is 31.8 Å². The van der Waals surface area contributed by atoms with Gasteiger partial charge in [0.05, 0.1) is 6.04 Å². The van der Waals surface area contributed by atoms with Crippen molar-refractivity contribution < 1.29 is 13.9 Å². The van der Waals surface area contributed by atoms with E-state index in [-0.39, 0.29) is 11.9 Å². The van der Waals surface area contributed by atoms with E-state index in [2.05, 4.69) is 5.32 Å². The number of rotatable bonds is 4. The highest BCUT2D eigenvalue weighted by atomic mass is 35.5. The van der Waals surface area contributed by atoms with Crippen LogP contribution in [0.3, 0.4) is 0 Å². The highest BCUT2D eigenvalue weighted by Gasteiger charge is 2.31. The van der Waals surface area contributed by atoms with Crippen molar-refractivity contribution in [1.29, 1.82) is 0 Å². The number of halogens is 1. The molecule has 1 unspecified atom stereocenters. The lowest BCUT2D eigenvalue weighted by Crippen LogP contribution is -2.48. The number of nitrogens with one attached hydrogen (secondary N) is 1. The number of carbonyl (C=O) groups excluding carboxylic acids is 1. The first-order valence-corrected chi connectivity index (χ1v) is 7.92. The van der Waals surface area contributed by atoms with Crippen molar-refractivity contribution in [3.8, 4) is 0 Å². The van der Waals surface area contributed by atoms with Gasteiger partial charge in [-0.3, -0.25) is 4.79 Å². The monoisotopic (exact) mass is 334 g/mol. The maximum Gasteiger partial charge on any atom is 0.290 e. The average Bonchev–Trinajstić information content (AvgIpc) is 3.04. The summed E-state index contributed by atoms with van der Waals surface area (Å²) in [6.07, 6.45) is 0. The maximum atomic E-state index is 12.8. The second-order valence-electron chi connectivity index (χ2n) is 5.44. The molecule has 0 spiro atoms. The second-order valence-corrected chi connectivity index (χ2v) is 5.85. The van der Waals surface area contributed by atoms with Gasteiger partial charge in [-0.15, -0.1) is 0 Å². The number of piperazine rings is 1. The minimum absolute atomic E-state index is 0.110. The van der Waals surface area contributed by atoms with E-state index in [0.717, 1.165) is 12.1 Å². The number of ether oxygens (including phenoxy) is 1. The largest absolute Gasteiger partial charge is 0.453 e. The number of hydrogen-bond donors (Lipinski definition) is 1. The number of carbonyl (C=O) groups is 1. The minimum atomic E-state index is -0.126. The van der Waals surface area contributed by atoms with E-state index in [1.165, 1.54) is 0 Å². The molecule has 6 heteroatoms.